The van der Waals surface area contributed by atoms with E-state index in [1.54, 1.807) is 10.9 Å². The molecular formula is C18H28N4O3. The van der Waals surface area contributed by atoms with Crippen molar-refractivity contribution >= 4 is 17.6 Å². The summed E-state index contributed by atoms with van der Waals surface area (Å²) in [4.78, 5) is 27.3. The van der Waals surface area contributed by atoms with Gasteiger partial charge in [0, 0.05) is 19.1 Å². The van der Waals surface area contributed by atoms with Gasteiger partial charge in [-0.25, -0.2) is 0 Å². The molecule has 2 bridgehead atoms. The van der Waals surface area contributed by atoms with Gasteiger partial charge in [-0.15, -0.1) is 0 Å². The van der Waals surface area contributed by atoms with E-state index in [0.29, 0.717) is 13.2 Å². The predicted octanol–water partition coefficient (Wildman–Crippen LogP) is 1.86. The Morgan fingerprint density at radius 3 is 2.76 bits per heavy atom. The minimum atomic E-state index is -0.455. The van der Waals surface area contributed by atoms with Gasteiger partial charge < -0.3 is 10.1 Å². The van der Waals surface area contributed by atoms with Crippen LogP contribution in [-0.4, -0.2) is 51.8 Å². The fourth-order valence-corrected chi connectivity index (χ4v) is 4.54. The molecule has 3 heterocycles. The van der Waals surface area contributed by atoms with Crippen molar-refractivity contribution in [3.63, 3.8) is 0 Å². The summed E-state index contributed by atoms with van der Waals surface area (Å²) in [5.41, 5.74) is 1.21. The predicted molar refractivity (Wildman–Crippen MR) is 94.1 cm³/mol. The summed E-state index contributed by atoms with van der Waals surface area (Å²) >= 11 is 0. The van der Waals surface area contributed by atoms with E-state index >= 15 is 0 Å². The summed E-state index contributed by atoms with van der Waals surface area (Å²) in [7, 11) is 1.85. The highest BCUT2D eigenvalue weighted by atomic mass is 16.5. The number of rotatable bonds is 6. The number of amides is 1. The van der Waals surface area contributed by atoms with E-state index in [-0.39, 0.29) is 24.0 Å². The van der Waals surface area contributed by atoms with Crippen LogP contribution in [0.25, 0.3) is 0 Å². The largest absolute Gasteiger partial charge is 0.466 e. The summed E-state index contributed by atoms with van der Waals surface area (Å²) in [6.45, 7) is 6.53. The van der Waals surface area contributed by atoms with Gasteiger partial charge in [-0.2, -0.15) is 5.10 Å². The summed E-state index contributed by atoms with van der Waals surface area (Å²) in [5, 5.41) is 7.10. The number of hydrogen-bond acceptors (Lipinski definition) is 5. The van der Waals surface area contributed by atoms with Crippen LogP contribution < -0.4 is 5.32 Å². The van der Waals surface area contributed by atoms with Crippen LogP contribution in [0.15, 0.2) is 6.20 Å². The highest BCUT2D eigenvalue weighted by Gasteiger charge is 2.59. The molecule has 1 aromatic heterocycles. The molecule has 7 heteroatoms. The number of anilines is 1. The average Bonchev–Trinajstić information content (AvgIpc) is 3.22. The lowest BCUT2D eigenvalue weighted by Gasteiger charge is -2.34. The average molecular weight is 348 g/mol. The fourth-order valence-electron chi connectivity index (χ4n) is 4.54. The number of aromatic nitrogens is 2. The number of fused-ring (bicyclic) bond motifs is 2. The van der Waals surface area contributed by atoms with Crippen LogP contribution in [0.4, 0.5) is 5.69 Å². The number of carbonyl (C=O) groups is 2. The van der Waals surface area contributed by atoms with Crippen molar-refractivity contribution in [2.24, 2.45) is 12.5 Å². The second-order valence-corrected chi connectivity index (χ2v) is 7.17. The highest BCUT2D eigenvalue weighted by Crippen LogP contribution is 2.52. The summed E-state index contributed by atoms with van der Waals surface area (Å²) in [6, 6.07) is 0.386. The number of ether oxygens (including phenoxy) is 1. The number of nitrogens with zero attached hydrogens (tertiary/aromatic N) is 3. The maximum absolute atomic E-state index is 12.6. The molecule has 0 unspecified atom stereocenters. The van der Waals surface area contributed by atoms with Gasteiger partial charge in [0.25, 0.3) is 0 Å². The SMILES string of the molecule is CCOC(=O)[C@@]1(CC)C[C@H]2CC[C@@H]1N2CC(=O)Nc1cnn(C)c1C. The molecule has 25 heavy (non-hydrogen) atoms. The molecule has 3 rings (SSSR count). The van der Waals surface area contributed by atoms with Crippen molar-refractivity contribution in [1.29, 1.82) is 0 Å². The Morgan fingerprint density at radius 2 is 2.16 bits per heavy atom. The molecule has 1 aromatic rings. The maximum Gasteiger partial charge on any atom is 0.313 e. The molecule has 0 saturated carbocycles. The van der Waals surface area contributed by atoms with E-state index in [4.69, 9.17) is 4.74 Å². The van der Waals surface area contributed by atoms with Crippen LogP contribution in [0.5, 0.6) is 0 Å². The van der Waals surface area contributed by atoms with Crippen molar-refractivity contribution in [2.45, 2.75) is 58.5 Å². The van der Waals surface area contributed by atoms with Gasteiger partial charge >= 0.3 is 5.97 Å². The molecule has 2 fully saturated rings. The Labute approximate surface area is 148 Å². The molecular weight excluding hydrogens is 320 g/mol. The lowest BCUT2D eigenvalue weighted by atomic mass is 9.72. The van der Waals surface area contributed by atoms with E-state index in [9.17, 15) is 9.59 Å². The summed E-state index contributed by atoms with van der Waals surface area (Å²) < 4.78 is 7.10. The molecule has 2 aliphatic rings. The van der Waals surface area contributed by atoms with Gasteiger partial charge in [-0.1, -0.05) is 6.92 Å². The quantitative estimate of drug-likeness (QED) is 0.794. The van der Waals surface area contributed by atoms with E-state index < -0.39 is 5.41 Å². The molecule has 7 nitrogen and oxygen atoms in total. The molecule has 0 spiro atoms. The van der Waals surface area contributed by atoms with Crippen LogP contribution in [0, 0.1) is 12.3 Å². The zero-order chi connectivity index (χ0) is 18.2. The van der Waals surface area contributed by atoms with E-state index in [1.807, 2.05) is 20.9 Å². The van der Waals surface area contributed by atoms with Gasteiger partial charge in [0.15, 0.2) is 0 Å². The van der Waals surface area contributed by atoms with Crippen molar-refractivity contribution in [3.05, 3.63) is 11.9 Å². The van der Waals surface area contributed by atoms with Crippen LogP contribution in [0.1, 0.15) is 45.2 Å². The molecule has 0 radical (unpaired) electrons. The van der Waals surface area contributed by atoms with Crippen LogP contribution in [0.2, 0.25) is 0 Å². The van der Waals surface area contributed by atoms with Crippen LogP contribution in [0.3, 0.4) is 0 Å². The minimum Gasteiger partial charge on any atom is -0.466 e. The molecule has 1 N–H and O–H groups in total. The molecule has 0 aliphatic carbocycles. The van der Waals surface area contributed by atoms with Crippen molar-refractivity contribution in [3.8, 4) is 0 Å². The standard InChI is InChI=1S/C18H28N4O3/c1-5-18(17(24)25-6-2)9-13-7-8-15(18)22(13)11-16(23)20-14-10-19-21(4)12(14)3/h10,13,15H,5-9,11H2,1-4H3,(H,20,23)/t13-,15+,18+/m1/s1. The minimum absolute atomic E-state index is 0.0521. The van der Waals surface area contributed by atoms with Gasteiger partial charge in [0.2, 0.25) is 5.91 Å². The van der Waals surface area contributed by atoms with E-state index in [1.165, 1.54) is 0 Å². The summed E-state index contributed by atoms with van der Waals surface area (Å²) in [6.07, 6.45) is 5.22. The first-order valence-corrected chi connectivity index (χ1v) is 9.14. The van der Waals surface area contributed by atoms with Crippen LogP contribution in [-0.2, 0) is 21.4 Å². The third-order valence-corrected chi connectivity index (χ3v) is 6.03. The molecule has 3 atom stereocenters. The Morgan fingerprint density at radius 1 is 1.40 bits per heavy atom. The third-order valence-electron chi connectivity index (χ3n) is 6.03. The highest BCUT2D eigenvalue weighted by molar-refractivity contribution is 5.93. The normalized spacial score (nSPS) is 28.3. The monoisotopic (exact) mass is 348 g/mol. The van der Waals surface area contributed by atoms with Gasteiger partial charge in [0.05, 0.1) is 36.1 Å². The Kier molecular flexibility index (Phi) is 4.86. The second-order valence-electron chi connectivity index (χ2n) is 7.17. The Bertz CT molecular complexity index is 671. The molecule has 1 amide bonds. The lowest BCUT2D eigenvalue weighted by Crippen LogP contribution is -2.45. The second kappa shape index (κ2) is 6.78. The smallest absolute Gasteiger partial charge is 0.313 e. The number of carbonyl (C=O) groups excluding carboxylic acids is 2. The fraction of sp³-hybridized carbons (Fsp3) is 0.722. The van der Waals surface area contributed by atoms with Crippen LogP contribution >= 0.6 is 0 Å². The number of hydrogen-bond donors (Lipinski definition) is 1. The molecule has 0 aromatic carbocycles. The Balaban J connectivity index is 1.70. The zero-order valence-corrected chi connectivity index (χ0v) is 15.5. The van der Waals surface area contributed by atoms with E-state index in [0.717, 1.165) is 37.1 Å². The van der Waals surface area contributed by atoms with Gasteiger partial charge in [-0.05, 0) is 39.5 Å². The number of esters is 1. The van der Waals surface area contributed by atoms with Gasteiger partial charge in [0.1, 0.15) is 0 Å². The van der Waals surface area contributed by atoms with E-state index in [2.05, 4.69) is 22.2 Å². The summed E-state index contributed by atoms with van der Waals surface area (Å²) in [5.74, 6) is -0.151. The zero-order valence-electron chi connectivity index (χ0n) is 15.5. The number of aryl methyl sites for hydroxylation is 1. The third kappa shape index (κ3) is 2.94. The number of nitrogens with one attached hydrogen (secondary N) is 1. The van der Waals surface area contributed by atoms with Crippen molar-refractivity contribution in [2.75, 3.05) is 18.5 Å². The topological polar surface area (TPSA) is 76.5 Å². The van der Waals surface area contributed by atoms with Crippen molar-refractivity contribution < 1.29 is 14.3 Å². The maximum atomic E-state index is 12.6. The first-order chi connectivity index (χ1) is 11.9. The molecule has 138 valence electrons. The molecule has 2 aliphatic heterocycles. The Hall–Kier alpha value is -1.89. The first-order valence-electron chi connectivity index (χ1n) is 9.14. The first kappa shape index (κ1) is 17.9. The lowest BCUT2D eigenvalue weighted by molar-refractivity contribution is -0.158. The molecule has 2 saturated heterocycles. The van der Waals surface area contributed by atoms with Gasteiger partial charge in [-0.3, -0.25) is 19.2 Å². The van der Waals surface area contributed by atoms with Crippen molar-refractivity contribution in [1.82, 2.24) is 14.7 Å².